The maximum Gasteiger partial charge on any atom is 0.244 e. The van der Waals surface area contributed by atoms with Gasteiger partial charge in [-0.25, -0.2) is 0 Å². The van der Waals surface area contributed by atoms with E-state index in [0.717, 1.165) is 14.9 Å². The highest BCUT2D eigenvalue weighted by atomic mass is 79.9. The molecule has 2 aliphatic rings. The van der Waals surface area contributed by atoms with Crippen LogP contribution in [0.1, 0.15) is 39.2 Å². The van der Waals surface area contributed by atoms with Gasteiger partial charge in [0.15, 0.2) is 0 Å². The third-order valence-corrected chi connectivity index (χ3v) is 6.77. The van der Waals surface area contributed by atoms with E-state index in [4.69, 9.17) is 0 Å². The van der Waals surface area contributed by atoms with Crippen LogP contribution in [0.25, 0.3) is 0 Å². The van der Waals surface area contributed by atoms with Crippen molar-refractivity contribution >= 4 is 39.3 Å². The molecule has 3 amide bonds. The lowest BCUT2D eigenvalue weighted by atomic mass is 9.62. The first-order valence-electron chi connectivity index (χ1n) is 8.50. The Morgan fingerprint density at radius 2 is 2.00 bits per heavy atom. The monoisotopic (exact) mass is 406 g/mol. The summed E-state index contributed by atoms with van der Waals surface area (Å²) in [7, 11) is 0. The molecule has 2 unspecified atom stereocenters. The van der Waals surface area contributed by atoms with Gasteiger partial charge in [0.2, 0.25) is 17.7 Å². The number of fused-ring (bicyclic) bond motifs is 2. The SMILES string of the molecule is Cc1cc(Br)ccc1NC(=O)CN1C(=O)C2CCC(C)(C1=O)C2(C)C. The summed E-state index contributed by atoms with van der Waals surface area (Å²) in [5, 5.41) is 2.80. The molecule has 6 heteroatoms. The number of anilines is 1. The molecule has 1 heterocycles. The van der Waals surface area contributed by atoms with Gasteiger partial charge in [0.25, 0.3) is 0 Å². The van der Waals surface area contributed by atoms with E-state index in [9.17, 15) is 14.4 Å². The molecule has 1 N–H and O–H groups in total. The first kappa shape index (κ1) is 18.1. The van der Waals surface area contributed by atoms with Gasteiger partial charge in [0.1, 0.15) is 6.54 Å². The Kier molecular flexibility index (Phi) is 4.30. The largest absolute Gasteiger partial charge is 0.324 e. The summed E-state index contributed by atoms with van der Waals surface area (Å²) < 4.78 is 0.927. The minimum absolute atomic E-state index is 0.197. The number of amides is 3. The maximum absolute atomic E-state index is 12.9. The van der Waals surface area contributed by atoms with Crippen LogP contribution in [-0.2, 0) is 14.4 Å². The molecule has 2 bridgehead atoms. The summed E-state index contributed by atoms with van der Waals surface area (Å²) in [5.74, 6) is -0.987. The van der Waals surface area contributed by atoms with Crippen molar-refractivity contribution in [1.29, 1.82) is 0 Å². The summed E-state index contributed by atoms with van der Waals surface area (Å²) in [5.41, 5.74) is 0.641. The van der Waals surface area contributed by atoms with E-state index in [2.05, 4.69) is 21.2 Å². The van der Waals surface area contributed by atoms with Crippen molar-refractivity contribution in [3.63, 3.8) is 0 Å². The fourth-order valence-electron chi connectivity index (χ4n) is 4.15. The molecular weight excluding hydrogens is 384 g/mol. The molecule has 1 aromatic rings. The number of hydrogen-bond donors (Lipinski definition) is 1. The summed E-state index contributed by atoms with van der Waals surface area (Å²) >= 11 is 3.38. The molecule has 0 aromatic heterocycles. The number of carbonyl (C=O) groups is 3. The normalized spacial score (nSPS) is 27.6. The van der Waals surface area contributed by atoms with Crippen molar-refractivity contribution in [2.24, 2.45) is 16.7 Å². The molecule has 1 aromatic carbocycles. The number of imide groups is 1. The average Bonchev–Trinajstić information content (AvgIpc) is 2.71. The highest BCUT2D eigenvalue weighted by molar-refractivity contribution is 9.10. The van der Waals surface area contributed by atoms with E-state index in [0.29, 0.717) is 18.5 Å². The number of aryl methyl sites for hydroxylation is 1. The fourth-order valence-corrected chi connectivity index (χ4v) is 4.63. The Morgan fingerprint density at radius 3 is 2.64 bits per heavy atom. The van der Waals surface area contributed by atoms with Crippen LogP contribution in [0.3, 0.4) is 0 Å². The number of nitrogens with one attached hydrogen (secondary N) is 1. The molecule has 0 spiro atoms. The lowest BCUT2D eigenvalue weighted by Crippen LogP contribution is -2.60. The van der Waals surface area contributed by atoms with E-state index in [-0.39, 0.29) is 35.6 Å². The smallest absolute Gasteiger partial charge is 0.244 e. The standard InChI is InChI=1S/C19H23BrN2O3/c1-11-9-12(20)5-6-14(11)21-15(23)10-22-16(24)13-7-8-19(4,17(22)25)18(13,2)3/h5-6,9,13H,7-8,10H2,1-4H3,(H,21,23). The molecule has 2 atom stereocenters. The van der Waals surface area contributed by atoms with Crippen molar-refractivity contribution in [2.75, 3.05) is 11.9 Å². The second-order valence-corrected chi connectivity index (χ2v) is 8.80. The van der Waals surface area contributed by atoms with Crippen molar-refractivity contribution in [1.82, 2.24) is 4.90 Å². The first-order chi connectivity index (χ1) is 11.6. The van der Waals surface area contributed by atoms with Crippen LogP contribution in [0.2, 0.25) is 0 Å². The molecule has 1 aliphatic heterocycles. The topological polar surface area (TPSA) is 66.5 Å². The van der Waals surface area contributed by atoms with Gasteiger partial charge in [-0.2, -0.15) is 0 Å². The molecule has 3 rings (SSSR count). The van der Waals surface area contributed by atoms with E-state index in [1.54, 1.807) is 6.07 Å². The van der Waals surface area contributed by atoms with Gasteiger partial charge in [-0.1, -0.05) is 36.7 Å². The second-order valence-electron chi connectivity index (χ2n) is 7.88. The van der Waals surface area contributed by atoms with Gasteiger partial charge >= 0.3 is 0 Å². The molecular formula is C19H23BrN2O3. The van der Waals surface area contributed by atoms with Crippen LogP contribution in [-0.4, -0.2) is 29.2 Å². The molecule has 5 nitrogen and oxygen atoms in total. The van der Waals surface area contributed by atoms with E-state index in [1.165, 1.54) is 0 Å². The summed E-state index contributed by atoms with van der Waals surface area (Å²) in [6, 6.07) is 5.53. The molecule has 1 saturated heterocycles. The van der Waals surface area contributed by atoms with Crippen LogP contribution in [0, 0.1) is 23.7 Å². The minimum Gasteiger partial charge on any atom is -0.324 e. The van der Waals surface area contributed by atoms with Gasteiger partial charge in [-0.3, -0.25) is 19.3 Å². The molecule has 134 valence electrons. The lowest BCUT2D eigenvalue weighted by molar-refractivity contribution is -0.168. The van der Waals surface area contributed by atoms with Gasteiger partial charge in [-0.15, -0.1) is 0 Å². The first-order valence-corrected chi connectivity index (χ1v) is 9.29. The van der Waals surface area contributed by atoms with Crippen LogP contribution in [0.4, 0.5) is 5.69 Å². The number of carbonyl (C=O) groups excluding carboxylic acids is 3. The lowest BCUT2D eigenvalue weighted by Gasteiger charge is -2.47. The predicted octanol–water partition coefficient (Wildman–Crippen LogP) is 3.51. The number of likely N-dealkylation sites (tertiary alicyclic amines) is 1. The zero-order valence-corrected chi connectivity index (χ0v) is 16.6. The van der Waals surface area contributed by atoms with E-state index in [1.807, 2.05) is 39.8 Å². The Bertz CT molecular complexity index is 774. The van der Waals surface area contributed by atoms with Crippen molar-refractivity contribution < 1.29 is 14.4 Å². The fraction of sp³-hybridized carbons (Fsp3) is 0.526. The van der Waals surface area contributed by atoms with Crippen molar-refractivity contribution in [3.05, 3.63) is 28.2 Å². The zero-order chi connectivity index (χ0) is 18.6. The van der Waals surface area contributed by atoms with Crippen molar-refractivity contribution in [3.8, 4) is 0 Å². The van der Waals surface area contributed by atoms with Gasteiger partial charge in [0, 0.05) is 16.1 Å². The molecule has 25 heavy (non-hydrogen) atoms. The highest BCUT2D eigenvalue weighted by Gasteiger charge is 2.64. The van der Waals surface area contributed by atoms with E-state index < -0.39 is 5.41 Å². The maximum atomic E-state index is 12.9. The van der Waals surface area contributed by atoms with E-state index >= 15 is 0 Å². The predicted molar refractivity (Wildman–Crippen MR) is 98.8 cm³/mol. The summed E-state index contributed by atoms with van der Waals surface area (Å²) in [4.78, 5) is 39.3. The number of halogens is 1. The number of rotatable bonds is 3. The Balaban J connectivity index is 1.78. The molecule has 2 fully saturated rings. The number of hydrogen-bond acceptors (Lipinski definition) is 3. The minimum atomic E-state index is -0.584. The zero-order valence-electron chi connectivity index (χ0n) is 15.0. The van der Waals surface area contributed by atoms with Crippen LogP contribution in [0.15, 0.2) is 22.7 Å². The molecule has 1 saturated carbocycles. The van der Waals surface area contributed by atoms with Gasteiger partial charge < -0.3 is 5.32 Å². The Labute approximate surface area is 156 Å². The van der Waals surface area contributed by atoms with Gasteiger partial charge in [0.05, 0.1) is 5.41 Å². The number of nitrogens with zero attached hydrogens (tertiary/aromatic N) is 1. The number of piperidine rings is 1. The number of benzene rings is 1. The average molecular weight is 407 g/mol. The molecule has 0 radical (unpaired) electrons. The van der Waals surface area contributed by atoms with Gasteiger partial charge in [-0.05, 0) is 48.9 Å². The Hall–Kier alpha value is -1.69. The van der Waals surface area contributed by atoms with Crippen LogP contribution >= 0.6 is 15.9 Å². The second kappa shape index (κ2) is 5.94. The third kappa shape index (κ3) is 2.71. The van der Waals surface area contributed by atoms with Crippen LogP contribution < -0.4 is 5.32 Å². The molecule has 1 aliphatic carbocycles. The Morgan fingerprint density at radius 1 is 1.32 bits per heavy atom. The highest BCUT2D eigenvalue weighted by Crippen LogP contribution is 2.59. The van der Waals surface area contributed by atoms with Crippen LogP contribution in [0.5, 0.6) is 0 Å². The third-order valence-electron chi connectivity index (χ3n) is 6.27. The van der Waals surface area contributed by atoms with Crippen molar-refractivity contribution in [2.45, 2.75) is 40.5 Å². The summed E-state index contributed by atoms with van der Waals surface area (Å²) in [6.45, 7) is 7.56. The summed E-state index contributed by atoms with van der Waals surface area (Å²) in [6.07, 6.45) is 1.40. The quantitative estimate of drug-likeness (QED) is 0.780.